The van der Waals surface area contributed by atoms with Crippen LogP contribution in [0.5, 0.6) is 0 Å². The van der Waals surface area contributed by atoms with Crippen molar-refractivity contribution in [2.45, 2.75) is 13.3 Å². The second-order valence-corrected chi connectivity index (χ2v) is 2.43. The molecule has 2 heteroatoms. The predicted molar refractivity (Wildman–Crippen MR) is 32.2 cm³/mol. The number of hydrogen-bond donors (Lipinski definition) is 1. The average Bonchev–Trinajstić information content (AvgIpc) is 2.14. The van der Waals surface area contributed by atoms with Crippen molar-refractivity contribution in [2.24, 2.45) is 11.8 Å². The van der Waals surface area contributed by atoms with Crippen molar-refractivity contribution in [3.8, 4) is 0 Å². The first-order valence-electron chi connectivity index (χ1n) is 3.03. The molecule has 9 heavy (non-hydrogen) atoms. The van der Waals surface area contributed by atoms with Gasteiger partial charge in [0.1, 0.15) is 0 Å². The normalized spacial score (nSPS) is 32.2. The summed E-state index contributed by atoms with van der Waals surface area (Å²) in [6.45, 7) is 2.41. The van der Waals surface area contributed by atoms with Crippen molar-refractivity contribution < 1.29 is 37.8 Å². The van der Waals surface area contributed by atoms with Gasteiger partial charge in [0.05, 0.1) is 0 Å². The summed E-state index contributed by atoms with van der Waals surface area (Å²) in [6.07, 6.45) is 6.20. The van der Waals surface area contributed by atoms with Crippen molar-refractivity contribution >= 4 is 0 Å². The molecule has 0 aromatic heterocycles. The Balaban J connectivity index is 0.000000640. The van der Waals surface area contributed by atoms with Gasteiger partial charge in [-0.05, 0) is 0 Å². The van der Waals surface area contributed by atoms with E-state index in [0.29, 0.717) is 11.8 Å². The molecule has 0 aromatic carbocycles. The smallest absolute Gasteiger partial charge is 0.495 e. The third kappa shape index (κ3) is 2.93. The molecule has 1 rings (SSSR count). The van der Waals surface area contributed by atoms with E-state index in [0.717, 1.165) is 6.42 Å². The van der Waals surface area contributed by atoms with Gasteiger partial charge in [-0.3, -0.25) is 6.08 Å². The van der Waals surface area contributed by atoms with Crippen LogP contribution in [0.15, 0.2) is 6.08 Å². The molecule has 0 radical (unpaired) electrons. The molecule has 0 saturated heterocycles. The summed E-state index contributed by atoms with van der Waals surface area (Å²) in [5.74, 6) is 0.956. The second-order valence-electron chi connectivity index (χ2n) is 2.43. The van der Waals surface area contributed by atoms with Crippen LogP contribution in [0.25, 0.3) is 0 Å². The Kier molecular flexibility index (Phi) is 5.00. The van der Waals surface area contributed by atoms with E-state index in [1.165, 1.54) is 0 Å². The summed E-state index contributed by atoms with van der Waals surface area (Å²) >= 11 is 0. The van der Waals surface area contributed by atoms with Gasteiger partial charge >= 0.3 is 32.7 Å². The molecule has 1 aliphatic carbocycles. The zero-order chi connectivity index (χ0) is 5.98. The molecule has 0 aliphatic heterocycles. The number of rotatable bonds is 1. The Morgan fingerprint density at radius 2 is 2.44 bits per heavy atom. The first kappa shape index (κ1) is 9.80. The van der Waals surface area contributed by atoms with Crippen LogP contribution in [0.1, 0.15) is 13.3 Å². The Morgan fingerprint density at radius 3 is 2.67 bits per heavy atom. The van der Waals surface area contributed by atoms with E-state index in [1.54, 1.807) is 0 Å². The Labute approximate surface area is 81.4 Å². The van der Waals surface area contributed by atoms with Gasteiger partial charge in [-0.2, -0.15) is 5.92 Å². The molecule has 0 bridgehead atoms. The van der Waals surface area contributed by atoms with E-state index in [1.807, 2.05) is 6.08 Å². The molecule has 0 aromatic rings. The fraction of sp³-hybridized carbons (Fsp3) is 0.714. The molecule has 0 heterocycles. The molecule has 0 amide bonds. The van der Waals surface area contributed by atoms with Gasteiger partial charge in [0, 0.05) is 6.61 Å². The van der Waals surface area contributed by atoms with Crippen molar-refractivity contribution in [2.75, 3.05) is 6.61 Å². The molecule has 1 N–H and O–H groups in total. The van der Waals surface area contributed by atoms with Crippen LogP contribution in [0.4, 0.5) is 0 Å². The van der Waals surface area contributed by atoms with Gasteiger partial charge < -0.3 is 11.2 Å². The SMILES string of the molecule is CC1C=[C-]C(CO)C1.[Y+3]. The number of allylic oxidation sites excluding steroid dienone is 1. The molecule has 1 nitrogen and oxygen atoms in total. The van der Waals surface area contributed by atoms with Crippen molar-refractivity contribution in [3.63, 3.8) is 0 Å². The topological polar surface area (TPSA) is 20.2 Å². The van der Waals surface area contributed by atoms with E-state index < -0.39 is 0 Å². The standard InChI is InChI=1S/C7H11O.Y/c1-6-2-3-7(4-6)5-8;/h2,6-8H,4-5H2,1H3;/q-1;+3. The molecule has 46 valence electrons. The summed E-state index contributed by atoms with van der Waals surface area (Å²) in [7, 11) is 0. The van der Waals surface area contributed by atoms with Gasteiger partial charge in [-0.15, -0.1) is 0 Å². The maximum Gasteiger partial charge on any atom is 3.00 e. The fourth-order valence-corrected chi connectivity index (χ4v) is 1.01. The Morgan fingerprint density at radius 1 is 1.78 bits per heavy atom. The maximum atomic E-state index is 8.60. The van der Waals surface area contributed by atoms with Crippen LogP contribution in [-0.4, -0.2) is 11.7 Å². The van der Waals surface area contributed by atoms with Crippen molar-refractivity contribution in [1.82, 2.24) is 0 Å². The molecule has 0 spiro atoms. The molecule has 1 aliphatic rings. The first-order chi connectivity index (χ1) is 3.83. The average molecular weight is 200 g/mol. The summed E-state index contributed by atoms with van der Waals surface area (Å²) < 4.78 is 0. The summed E-state index contributed by atoms with van der Waals surface area (Å²) in [5.41, 5.74) is 0. The first-order valence-corrected chi connectivity index (χ1v) is 3.03. The van der Waals surface area contributed by atoms with Crippen molar-refractivity contribution in [1.29, 1.82) is 0 Å². The minimum atomic E-state index is 0. The Hall–Kier alpha value is 0.804. The number of hydrogen-bond acceptors (Lipinski definition) is 1. The summed E-state index contributed by atoms with van der Waals surface area (Å²) in [4.78, 5) is 0. The van der Waals surface area contributed by atoms with Crippen LogP contribution in [0.2, 0.25) is 0 Å². The van der Waals surface area contributed by atoms with Crippen LogP contribution in [0, 0.1) is 17.9 Å². The summed E-state index contributed by atoms with van der Waals surface area (Å²) in [5, 5.41) is 8.60. The van der Waals surface area contributed by atoms with E-state index >= 15 is 0 Å². The quantitative estimate of drug-likeness (QED) is 0.626. The molecule has 2 unspecified atom stereocenters. The Bertz CT molecular complexity index is 101. The van der Waals surface area contributed by atoms with Crippen LogP contribution in [0.3, 0.4) is 0 Å². The van der Waals surface area contributed by atoms with Gasteiger partial charge in [0.15, 0.2) is 0 Å². The van der Waals surface area contributed by atoms with Gasteiger partial charge in [-0.1, -0.05) is 19.3 Å². The second kappa shape index (κ2) is 4.59. The van der Waals surface area contributed by atoms with Gasteiger partial charge in [0.25, 0.3) is 0 Å². The van der Waals surface area contributed by atoms with Gasteiger partial charge in [-0.25, -0.2) is 0 Å². The third-order valence-electron chi connectivity index (χ3n) is 1.49. The maximum absolute atomic E-state index is 8.60. The predicted octanol–water partition coefficient (Wildman–Crippen LogP) is 0.992. The van der Waals surface area contributed by atoms with E-state index in [-0.39, 0.29) is 39.3 Å². The minimum Gasteiger partial charge on any atom is -0.495 e. The monoisotopic (exact) mass is 200 g/mol. The minimum absolute atomic E-state index is 0. The zero-order valence-electron chi connectivity index (χ0n) is 5.67. The van der Waals surface area contributed by atoms with Crippen LogP contribution >= 0.6 is 0 Å². The zero-order valence-corrected chi connectivity index (χ0v) is 8.51. The molecular weight excluding hydrogens is 189 g/mol. The number of aliphatic hydroxyl groups is 1. The van der Waals surface area contributed by atoms with Crippen LogP contribution < -0.4 is 0 Å². The molecule has 0 saturated carbocycles. The molecule has 0 fully saturated rings. The summed E-state index contributed by atoms with van der Waals surface area (Å²) in [6, 6.07) is 0. The van der Waals surface area contributed by atoms with E-state index in [2.05, 4.69) is 13.0 Å². The molecule has 2 atom stereocenters. The van der Waals surface area contributed by atoms with E-state index in [4.69, 9.17) is 5.11 Å². The fourth-order valence-electron chi connectivity index (χ4n) is 1.01. The molecular formula is C7H11OY+2. The third-order valence-corrected chi connectivity index (χ3v) is 1.49. The van der Waals surface area contributed by atoms with Crippen molar-refractivity contribution in [3.05, 3.63) is 12.2 Å². The number of aliphatic hydroxyl groups excluding tert-OH is 1. The largest absolute Gasteiger partial charge is 3.00 e. The van der Waals surface area contributed by atoms with Gasteiger partial charge in [0.2, 0.25) is 0 Å². The van der Waals surface area contributed by atoms with E-state index in [9.17, 15) is 0 Å². The van der Waals surface area contributed by atoms with Crippen LogP contribution in [-0.2, 0) is 32.7 Å².